The number of carbonyl (C=O) groups excluding carboxylic acids is 1. The molecule has 38 heavy (non-hydrogen) atoms. The Morgan fingerprint density at radius 3 is 2.82 bits per heavy atom. The minimum atomic E-state index is -1.17. The molecule has 5 aromatic rings. The maximum Gasteiger partial charge on any atom is 0.240 e. The van der Waals surface area contributed by atoms with Crippen molar-refractivity contribution >= 4 is 34.8 Å². The van der Waals surface area contributed by atoms with Crippen LogP contribution in [0, 0.1) is 5.82 Å². The van der Waals surface area contributed by atoms with E-state index in [1.54, 1.807) is 54.2 Å². The smallest absolute Gasteiger partial charge is 0.240 e. The van der Waals surface area contributed by atoms with E-state index < -0.39 is 5.41 Å². The lowest BCUT2D eigenvalue weighted by Gasteiger charge is -2.24. The van der Waals surface area contributed by atoms with Crippen LogP contribution >= 0.6 is 11.6 Å². The molecule has 190 valence electrons. The van der Waals surface area contributed by atoms with Crippen LogP contribution in [0.5, 0.6) is 5.75 Å². The lowest BCUT2D eigenvalue weighted by Crippen LogP contribution is -2.33. The summed E-state index contributed by atoms with van der Waals surface area (Å²) in [5.41, 5.74) is 8.80. The Morgan fingerprint density at radius 1 is 1.18 bits per heavy atom. The van der Waals surface area contributed by atoms with E-state index in [0.717, 1.165) is 5.56 Å². The third-order valence-corrected chi connectivity index (χ3v) is 7.10. The molecule has 0 fully saturated rings. The Balaban J connectivity index is 1.46. The predicted octanol–water partition coefficient (Wildman–Crippen LogP) is 4.42. The maximum absolute atomic E-state index is 13.8. The predicted molar refractivity (Wildman–Crippen MR) is 141 cm³/mol. The highest BCUT2D eigenvalue weighted by molar-refractivity contribution is 6.32. The molecule has 0 saturated heterocycles. The number of nitrogens with two attached hydrogens (primary N) is 1. The molecule has 1 aliphatic rings. The van der Waals surface area contributed by atoms with Gasteiger partial charge in [-0.25, -0.2) is 24.3 Å². The van der Waals surface area contributed by atoms with Gasteiger partial charge in [-0.15, -0.1) is 0 Å². The van der Waals surface area contributed by atoms with Crippen LogP contribution in [0.2, 0.25) is 5.02 Å². The van der Waals surface area contributed by atoms with E-state index in [0.29, 0.717) is 51.2 Å². The van der Waals surface area contributed by atoms with Gasteiger partial charge in [0, 0.05) is 25.0 Å². The van der Waals surface area contributed by atoms with Crippen LogP contribution in [0.3, 0.4) is 0 Å². The number of rotatable bonds is 5. The van der Waals surface area contributed by atoms with Crippen molar-refractivity contribution in [2.45, 2.75) is 18.8 Å². The number of nitrogens with one attached hydrogen (secondary N) is 1. The fourth-order valence-electron chi connectivity index (χ4n) is 4.83. The van der Waals surface area contributed by atoms with E-state index in [1.165, 1.54) is 19.2 Å². The summed E-state index contributed by atoms with van der Waals surface area (Å²) in [6.07, 6.45) is 5.51. The van der Waals surface area contributed by atoms with Crippen molar-refractivity contribution in [3.63, 3.8) is 0 Å². The third-order valence-electron chi connectivity index (χ3n) is 6.78. The molecule has 4 heterocycles. The molecule has 3 aromatic heterocycles. The molecule has 11 heteroatoms. The minimum Gasteiger partial charge on any atom is -0.495 e. The van der Waals surface area contributed by atoms with Crippen molar-refractivity contribution in [2.24, 2.45) is 0 Å². The lowest BCUT2D eigenvalue weighted by molar-refractivity contribution is -0.119. The fourth-order valence-corrected chi connectivity index (χ4v) is 5.03. The molecule has 1 atom stereocenters. The van der Waals surface area contributed by atoms with Crippen LogP contribution in [0.4, 0.5) is 16.0 Å². The average molecular weight is 530 g/mol. The number of nitrogens with zero attached hydrogens (tertiary/aromatic N) is 5. The third kappa shape index (κ3) is 3.72. The first-order chi connectivity index (χ1) is 18.3. The number of hydrogen-bond donors (Lipinski definition) is 2. The van der Waals surface area contributed by atoms with Crippen LogP contribution in [0.1, 0.15) is 29.3 Å². The van der Waals surface area contributed by atoms with E-state index in [-0.39, 0.29) is 23.4 Å². The summed E-state index contributed by atoms with van der Waals surface area (Å²) >= 11 is 6.20. The molecule has 1 aliphatic heterocycles. The summed E-state index contributed by atoms with van der Waals surface area (Å²) in [5.74, 6) is 0.471. The molecule has 2 aromatic carbocycles. The number of methoxy groups -OCH3 is 1. The van der Waals surface area contributed by atoms with Gasteiger partial charge in [-0.1, -0.05) is 29.8 Å². The van der Waals surface area contributed by atoms with Gasteiger partial charge in [0.2, 0.25) is 5.91 Å². The standard InChI is InChI=1S/C27H21ClFN7O2/c1-27(15-6-7-17(28)20(12-15)38-2)21-22(30)33-23(34-24(21)35-26(27)37)19-13-36-9-8-31-25(36)18(32-19)11-14-4-3-5-16(29)10-14/h3-10,12-13H,11H2,1-2H3,(H3,30,33,34,35,37). The van der Waals surface area contributed by atoms with E-state index >= 15 is 0 Å². The zero-order valence-electron chi connectivity index (χ0n) is 20.4. The van der Waals surface area contributed by atoms with Gasteiger partial charge in [0.15, 0.2) is 11.5 Å². The zero-order chi connectivity index (χ0) is 26.6. The fraction of sp³-hybridized carbons (Fsp3) is 0.148. The molecule has 6 rings (SSSR count). The number of imidazole rings is 1. The van der Waals surface area contributed by atoms with Crippen molar-refractivity contribution in [3.05, 3.63) is 94.3 Å². The summed E-state index contributed by atoms with van der Waals surface area (Å²) < 4.78 is 20.9. The summed E-state index contributed by atoms with van der Waals surface area (Å²) in [4.78, 5) is 31.6. The topological polar surface area (TPSA) is 120 Å². The molecule has 0 aliphatic carbocycles. The van der Waals surface area contributed by atoms with Crippen molar-refractivity contribution in [3.8, 4) is 17.3 Å². The Labute approximate surface area is 221 Å². The summed E-state index contributed by atoms with van der Waals surface area (Å²) in [6.45, 7) is 1.75. The SMILES string of the molecule is COc1cc(C2(C)C(=O)Nc3nc(-c4cn5ccnc5c(Cc5cccc(F)c5)n4)nc(N)c32)ccc1Cl. The van der Waals surface area contributed by atoms with Crippen molar-refractivity contribution in [2.75, 3.05) is 18.2 Å². The second-order valence-corrected chi connectivity index (χ2v) is 9.53. The number of nitrogen functional groups attached to an aromatic ring is 1. The van der Waals surface area contributed by atoms with Gasteiger partial charge in [-0.05, 0) is 42.3 Å². The summed E-state index contributed by atoms with van der Waals surface area (Å²) in [5, 5.41) is 3.27. The highest BCUT2D eigenvalue weighted by atomic mass is 35.5. The first kappa shape index (κ1) is 23.8. The molecule has 0 spiro atoms. The van der Waals surface area contributed by atoms with Crippen LogP contribution in [-0.4, -0.2) is 37.4 Å². The number of carbonyl (C=O) groups is 1. The molecule has 3 N–H and O–H groups in total. The number of halogens is 2. The van der Waals surface area contributed by atoms with E-state index in [2.05, 4.69) is 20.3 Å². The van der Waals surface area contributed by atoms with E-state index in [1.807, 2.05) is 6.07 Å². The van der Waals surface area contributed by atoms with Crippen molar-refractivity contribution in [1.82, 2.24) is 24.3 Å². The molecule has 0 bridgehead atoms. The largest absolute Gasteiger partial charge is 0.495 e. The molecule has 9 nitrogen and oxygen atoms in total. The van der Waals surface area contributed by atoms with Gasteiger partial charge >= 0.3 is 0 Å². The maximum atomic E-state index is 13.8. The van der Waals surface area contributed by atoms with Gasteiger partial charge < -0.3 is 20.2 Å². The number of benzene rings is 2. The van der Waals surface area contributed by atoms with Crippen LogP contribution in [0.25, 0.3) is 17.2 Å². The highest BCUT2D eigenvalue weighted by Gasteiger charge is 2.48. The first-order valence-electron chi connectivity index (χ1n) is 11.7. The van der Waals surface area contributed by atoms with Gasteiger partial charge in [-0.3, -0.25) is 4.79 Å². The van der Waals surface area contributed by atoms with Crippen LogP contribution < -0.4 is 15.8 Å². The van der Waals surface area contributed by atoms with E-state index in [9.17, 15) is 9.18 Å². The molecule has 0 saturated carbocycles. The number of anilines is 2. The number of fused-ring (bicyclic) bond motifs is 2. The minimum absolute atomic E-state index is 0.138. The number of hydrogen-bond acceptors (Lipinski definition) is 7. The van der Waals surface area contributed by atoms with Gasteiger partial charge in [0.1, 0.15) is 34.3 Å². The van der Waals surface area contributed by atoms with Gasteiger partial charge in [-0.2, -0.15) is 0 Å². The Morgan fingerprint density at radius 2 is 2.03 bits per heavy atom. The molecule has 1 amide bonds. The average Bonchev–Trinajstić information content (AvgIpc) is 3.47. The highest BCUT2D eigenvalue weighted by Crippen LogP contribution is 2.46. The van der Waals surface area contributed by atoms with Crippen LogP contribution in [-0.2, 0) is 16.6 Å². The van der Waals surface area contributed by atoms with E-state index in [4.69, 9.17) is 27.1 Å². The Bertz CT molecular complexity index is 1760. The van der Waals surface area contributed by atoms with Gasteiger partial charge in [0.05, 0.1) is 23.4 Å². The molecular weight excluding hydrogens is 509 g/mol. The van der Waals surface area contributed by atoms with Crippen molar-refractivity contribution in [1.29, 1.82) is 0 Å². The molecule has 0 radical (unpaired) electrons. The monoisotopic (exact) mass is 529 g/mol. The quantitative estimate of drug-likeness (QED) is 0.346. The second-order valence-electron chi connectivity index (χ2n) is 9.12. The number of amides is 1. The zero-order valence-corrected chi connectivity index (χ0v) is 21.1. The Hall–Kier alpha value is -4.57. The lowest BCUT2D eigenvalue weighted by atomic mass is 9.77. The van der Waals surface area contributed by atoms with Gasteiger partial charge in [0.25, 0.3) is 0 Å². The number of aromatic nitrogens is 5. The first-order valence-corrected chi connectivity index (χ1v) is 12.1. The molecular formula is C27H21ClFN7O2. The van der Waals surface area contributed by atoms with Crippen molar-refractivity contribution < 1.29 is 13.9 Å². The van der Waals surface area contributed by atoms with Crippen LogP contribution in [0.15, 0.2) is 61.1 Å². The second kappa shape index (κ2) is 8.77. The number of ether oxygens (including phenoxy) is 1. The normalized spacial score (nSPS) is 16.5. The Kier molecular flexibility index (Phi) is 5.50. The summed E-state index contributed by atoms with van der Waals surface area (Å²) in [6, 6.07) is 11.4. The molecule has 1 unspecified atom stereocenters. The summed E-state index contributed by atoms with van der Waals surface area (Å²) in [7, 11) is 1.51.